The van der Waals surface area contributed by atoms with Gasteiger partial charge in [0.05, 0.1) is 11.8 Å². The molecule has 0 saturated carbocycles. The van der Waals surface area contributed by atoms with E-state index < -0.39 is 0 Å². The second-order valence-corrected chi connectivity index (χ2v) is 5.78. The fourth-order valence-electron chi connectivity index (χ4n) is 2.93. The number of ketones is 1. The molecule has 0 amide bonds. The number of hydrogen-bond donors (Lipinski definition) is 0. The number of carbonyl (C=O) groups is 1. The maximum Gasteiger partial charge on any atom is 0.237 e. The lowest BCUT2D eigenvalue weighted by atomic mass is 9.77. The average molecular weight is 270 g/mol. The molecule has 0 radical (unpaired) electrons. The largest absolute Gasteiger partial charge is 0.339 e. The van der Waals surface area contributed by atoms with Crippen molar-refractivity contribution in [3.05, 3.63) is 47.1 Å². The minimum absolute atomic E-state index is 0.0733. The lowest BCUT2D eigenvalue weighted by molar-refractivity contribution is -0.119. The Morgan fingerprint density at radius 2 is 2.10 bits per heavy atom. The molecule has 4 heteroatoms. The Labute approximate surface area is 118 Å². The van der Waals surface area contributed by atoms with Crippen molar-refractivity contribution in [3.8, 4) is 0 Å². The number of aromatic nitrogens is 2. The zero-order valence-electron chi connectivity index (χ0n) is 12.0. The summed E-state index contributed by atoms with van der Waals surface area (Å²) in [4.78, 5) is 16.2. The predicted octanol–water partition coefficient (Wildman–Crippen LogP) is 3.09. The van der Waals surface area contributed by atoms with Crippen LogP contribution in [0.3, 0.4) is 0 Å². The zero-order chi connectivity index (χ0) is 14.3. The third-order valence-corrected chi connectivity index (χ3v) is 3.99. The van der Waals surface area contributed by atoms with Crippen LogP contribution in [0.4, 0.5) is 0 Å². The van der Waals surface area contributed by atoms with Gasteiger partial charge >= 0.3 is 0 Å². The number of Topliss-reactive ketones (excluding diaryl/α,β-unsaturated/α-hetero) is 1. The molecule has 0 saturated heterocycles. The van der Waals surface area contributed by atoms with Gasteiger partial charge in [-0.05, 0) is 30.4 Å². The molecule has 1 aromatic carbocycles. The maximum atomic E-state index is 11.7. The molecule has 2 atom stereocenters. The zero-order valence-corrected chi connectivity index (χ0v) is 12.0. The lowest BCUT2D eigenvalue weighted by Gasteiger charge is -2.27. The molecule has 20 heavy (non-hydrogen) atoms. The number of benzene rings is 1. The normalized spacial score (nSPS) is 18.5. The van der Waals surface area contributed by atoms with E-state index in [0.29, 0.717) is 11.7 Å². The molecule has 1 heterocycles. The van der Waals surface area contributed by atoms with Gasteiger partial charge < -0.3 is 4.52 Å². The molecule has 2 unspecified atom stereocenters. The summed E-state index contributed by atoms with van der Waals surface area (Å²) in [5, 5.41) is 4.08. The molecular formula is C16H18N2O2. The summed E-state index contributed by atoms with van der Waals surface area (Å²) in [6, 6.07) is 8.30. The van der Waals surface area contributed by atoms with E-state index in [1.807, 2.05) is 26.0 Å². The Morgan fingerprint density at radius 3 is 2.75 bits per heavy atom. The van der Waals surface area contributed by atoms with Crippen LogP contribution in [0.2, 0.25) is 0 Å². The number of nitrogens with zero attached hydrogens (tertiary/aromatic N) is 2. The third kappa shape index (κ3) is 2.05. The molecule has 0 aliphatic heterocycles. The Kier molecular flexibility index (Phi) is 3.16. The van der Waals surface area contributed by atoms with Crippen molar-refractivity contribution >= 4 is 5.78 Å². The van der Waals surface area contributed by atoms with E-state index in [1.54, 1.807) is 6.92 Å². The van der Waals surface area contributed by atoms with E-state index in [9.17, 15) is 4.79 Å². The third-order valence-electron chi connectivity index (χ3n) is 3.99. The van der Waals surface area contributed by atoms with Crippen LogP contribution >= 0.6 is 0 Å². The van der Waals surface area contributed by atoms with Gasteiger partial charge in [0.2, 0.25) is 5.89 Å². The van der Waals surface area contributed by atoms with Crippen molar-refractivity contribution < 1.29 is 9.32 Å². The van der Waals surface area contributed by atoms with E-state index >= 15 is 0 Å². The highest BCUT2D eigenvalue weighted by molar-refractivity contribution is 5.82. The molecule has 1 aliphatic rings. The second-order valence-electron chi connectivity index (χ2n) is 5.78. The van der Waals surface area contributed by atoms with Gasteiger partial charge in [0.1, 0.15) is 5.78 Å². The average Bonchev–Trinajstić information content (AvgIpc) is 2.78. The van der Waals surface area contributed by atoms with Gasteiger partial charge in [0, 0.05) is 0 Å². The van der Waals surface area contributed by atoms with Crippen molar-refractivity contribution in [1.29, 1.82) is 0 Å². The smallest absolute Gasteiger partial charge is 0.237 e. The van der Waals surface area contributed by atoms with E-state index in [4.69, 9.17) is 4.52 Å². The van der Waals surface area contributed by atoms with Gasteiger partial charge in [-0.15, -0.1) is 0 Å². The van der Waals surface area contributed by atoms with E-state index in [0.717, 1.165) is 6.42 Å². The summed E-state index contributed by atoms with van der Waals surface area (Å²) in [5.41, 5.74) is 2.61. The van der Waals surface area contributed by atoms with Crippen molar-refractivity contribution in [3.63, 3.8) is 0 Å². The maximum absolute atomic E-state index is 11.7. The van der Waals surface area contributed by atoms with Gasteiger partial charge in [0.25, 0.3) is 0 Å². The lowest BCUT2D eigenvalue weighted by Crippen LogP contribution is -2.20. The number of rotatable bonds is 4. The molecule has 0 bridgehead atoms. The molecule has 2 aromatic rings. The summed E-state index contributed by atoms with van der Waals surface area (Å²) in [6.07, 6.45) is 0.946. The topological polar surface area (TPSA) is 56.0 Å². The molecule has 104 valence electrons. The van der Waals surface area contributed by atoms with Gasteiger partial charge in [-0.3, -0.25) is 4.79 Å². The van der Waals surface area contributed by atoms with Gasteiger partial charge in [-0.1, -0.05) is 43.3 Å². The Morgan fingerprint density at radius 1 is 1.35 bits per heavy atom. The van der Waals surface area contributed by atoms with Crippen LogP contribution in [0.1, 0.15) is 55.4 Å². The molecule has 4 nitrogen and oxygen atoms in total. The first-order chi connectivity index (χ1) is 9.58. The van der Waals surface area contributed by atoms with Crippen molar-refractivity contribution in [2.45, 2.75) is 39.0 Å². The highest BCUT2D eigenvalue weighted by Gasteiger charge is 2.33. The minimum atomic E-state index is -0.299. The summed E-state index contributed by atoms with van der Waals surface area (Å²) >= 11 is 0. The molecule has 0 fully saturated rings. The van der Waals surface area contributed by atoms with Gasteiger partial charge in [-0.25, -0.2) is 0 Å². The SMILES string of the molecule is CC(=O)C(c1nc(C2Cc3ccccc32)no1)C(C)C. The molecule has 1 aromatic heterocycles. The molecule has 1 aliphatic carbocycles. The fourth-order valence-corrected chi connectivity index (χ4v) is 2.93. The Bertz CT molecular complexity index is 645. The van der Waals surface area contributed by atoms with E-state index in [2.05, 4.69) is 22.3 Å². The highest BCUT2D eigenvalue weighted by Crippen LogP contribution is 2.39. The fraction of sp³-hybridized carbons (Fsp3) is 0.438. The van der Waals surface area contributed by atoms with Crippen LogP contribution in [-0.2, 0) is 11.2 Å². The van der Waals surface area contributed by atoms with Crippen LogP contribution in [0.15, 0.2) is 28.8 Å². The first kappa shape index (κ1) is 13.0. The molecular weight excluding hydrogens is 252 g/mol. The summed E-state index contributed by atoms with van der Waals surface area (Å²) in [6.45, 7) is 5.57. The van der Waals surface area contributed by atoms with Crippen molar-refractivity contribution in [2.75, 3.05) is 0 Å². The van der Waals surface area contributed by atoms with Crippen LogP contribution < -0.4 is 0 Å². The number of fused-ring (bicyclic) bond motifs is 1. The molecule has 0 N–H and O–H groups in total. The van der Waals surface area contributed by atoms with Crippen LogP contribution in [0.5, 0.6) is 0 Å². The summed E-state index contributed by atoms with van der Waals surface area (Å²) < 4.78 is 5.34. The summed E-state index contributed by atoms with van der Waals surface area (Å²) in [5.74, 6) is 1.30. The quantitative estimate of drug-likeness (QED) is 0.856. The van der Waals surface area contributed by atoms with E-state index in [-0.39, 0.29) is 23.5 Å². The molecule has 3 rings (SSSR count). The van der Waals surface area contributed by atoms with Crippen LogP contribution in [0, 0.1) is 5.92 Å². The minimum Gasteiger partial charge on any atom is -0.339 e. The Balaban J connectivity index is 1.87. The highest BCUT2D eigenvalue weighted by atomic mass is 16.5. The monoisotopic (exact) mass is 270 g/mol. The van der Waals surface area contributed by atoms with Gasteiger partial charge in [0.15, 0.2) is 5.82 Å². The van der Waals surface area contributed by atoms with Crippen LogP contribution in [-0.4, -0.2) is 15.9 Å². The first-order valence-electron chi connectivity index (χ1n) is 6.99. The first-order valence-corrected chi connectivity index (χ1v) is 6.99. The standard InChI is InChI=1S/C16H18N2O2/c1-9(2)14(10(3)19)16-17-15(18-20-16)13-8-11-6-4-5-7-12(11)13/h4-7,9,13-14H,8H2,1-3H3. The second kappa shape index (κ2) is 4.85. The van der Waals surface area contributed by atoms with Gasteiger partial charge in [-0.2, -0.15) is 4.98 Å². The summed E-state index contributed by atoms with van der Waals surface area (Å²) in [7, 11) is 0. The Hall–Kier alpha value is -1.97. The van der Waals surface area contributed by atoms with E-state index in [1.165, 1.54) is 11.1 Å². The number of carbonyl (C=O) groups excluding carboxylic acids is 1. The number of hydrogen-bond acceptors (Lipinski definition) is 4. The van der Waals surface area contributed by atoms with Crippen molar-refractivity contribution in [2.24, 2.45) is 5.92 Å². The predicted molar refractivity (Wildman–Crippen MR) is 74.5 cm³/mol. The van der Waals surface area contributed by atoms with Crippen LogP contribution in [0.25, 0.3) is 0 Å². The molecule has 0 spiro atoms. The van der Waals surface area contributed by atoms with Crippen molar-refractivity contribution in [1.82, 2.24) is 10.1 Å².